The molecule has 3 N–H and O–H groups in total. The first-order chi connectivity index (χ1) is 34.3. The minimum absolute atomic E-state index is 0. The van der Waals surface area contributed by atoms with Crippen molar-refractivity contribution in [3.05, 3.63) is 178 Å². The van der Waals surface area contributed by atoms with Gasteiger partial charge in [-0.25, -0.2) is 0 Å². The topological polar surface area (TPSA) is 244 Å². The molecule has 0 amide bonds. The highest BCUT2D eigenvalue weighted by Crippen LogP contribution is 2.37. The predicted molar refractivity (Wildman–Crippen MR) is 280 cm³/mol. The van der Waals surface area contributed by atoms with Crippen molar-refractivity contribution >= 4 is 69.2 Å². The van der Waals surface area contributed by atoms with E-state index in [2.05, 4.69) is 35.9 Å². The Morgan fingerprint density at radius 3 is 1.63 bits per heavy atom. The van der Waals surface area contributed by atoms with Crippen molar-refractivity contribution < 1.29 is 33.6 Å². The molecule has 4 aromatic heterocycles. The Balaban J connectivity index is 0.000000239. The third-order valence-corrected chi connectivity index (χ3v) is 13.0. The summed E-state index contributed by atoms with van der Waals surface area (Å²) in [6.07, 6.45) is 6.20. The zero-order valence-corrected chi connectivity index (χ0v) is 40.3. The highest BCUT2D eigenvalue weighted by molar-refractivity contribution is 6.35. The average Bonchev–Trinajstić information content (AvgIpc) is 3.91. The maximum Gasteiger partial charge on any atom is 0.334 e. The maximum atomic E-state index is 13.6. The van der Waals surface area contributed by atoms with E-state index in [1.54, 1.807) is 86.3 Å². The Bertz CT molecular complexity index is 3100. The number of ether oxygens (including phenoxy) is 3. The normalized spacial score (nSPS) is 13.6. The van der Waals surface area contributed by atoms with Crippen LogP contribution in [0.2, 0.25) is 10.0 Å². The number of ketones is 2. The number of aromatic amines is 1. The Hall–Kier alpha value is -7.58. The largest absolute Gasteiger partial charge is 0.497 e. The minimum atomic E-state index is -0.517. The number of aromatic nitrogens is 6. The number of nitrogens with zero attached hydrogens (tertiary/aromatic N) is 7. The summed E-state index contributed by atoms with van der Waals surface area (Å²) < 4.78 is 17.7. The molecule has 9 rings (SSSR count). The predicted octanol–water partition coefficient (Wildman–Crippen LogP) is 11.9. The lowest BCUT2D eigenvalue weighted by Crippen LogP contribution is -2.16. The third-order valence-electron chi connectivity index (χ3n) is 12.3. The summed E-state index contributed by atoms with van der Waals surface area (Å²) in [6.45, 7) is 6.04. The molecule has 0 radical (unpaired) electrons. The van der Waals surface area contributed by atoms with Gasteiger partial charge in [0.05, 0.1) is 56.0 Å². The molecule has 7 aromatic rings. The molecular weight excluding hydrogens is 980 g/mol. The number of aryl methyl sites for hydroxylation is 1. The van der Waals surface area contributed by atoms with Crippen molar-refractivity contribution in [1.82, 2.24) is 29.9 Å². The number of H-pyrrole nitrogens is 1. The number of rotatable bonds is 15. The van der Waals surface area contributed by atoms with Gasteiger partial charge in [-0.05, 0) is 93.6 Å². The number of benzene rings is 3. The first kappa shape index (κ1) is 54.7. The van der Waals surface area contributed by atoms with Crippen LogP contribution in [0.25, 0.3) is 0 Å². The van der Waals surface area contributed by atoms with Gasteiger partial charge in [0, 0.05) is 73.2 Å². The summed E-state index contributed by atoms with van der Waals surface area (Å²) in [6, 6.07) is 24.4. The molecule has 21 heteroatoms. The number of nitrogens with one attached hydrogen (secondary N) is 3. The summed E-state index contributed by atoms with van der Waals surface area (Å²) >= 11 is 12.6. The van der Waals surface area contributed by atoms with Crippen molar-refractivity contribution in [1.29, 1.82) is 0 Å². The van der Waals surface area contributed by atoms with Crippen LogP contribution in [0.3, 0.4) is 0 Å². The minimum Gasteiger partial charge on any atom is -0.497 e. The second-order valence-corrected chi connectivity index (χ2v) is 17.6. The van der Waals surface area contributed by atoms with Crippen LogP contribution in [0.15, 0.2) is 97.3 Å². The van der Waals surface area contributed by atoms with Crippen molar-refractivity contribution in [3.63, 3.8) is 0 Å². The molecule has 19 nitrogen and oxygen atoms in total. The zero-order chi connectivity index (χ0) is 50.2. The van der Waals surface area contributed by atoms with E-state index in [1.807, 2.05) is 24.3 Å². The van der Waals surface area contributed by atoms with Crippen molar-refractivity contribution in [2.45, 2.75) is 72.8 Å². The smallest absolute Gasteiger partial charge is 0.334 e. The summed E-state index contributed by atoms with van der Waals surface area (Å²) in [5, 5.41) is 41.5. The molecule has 0 aliphatic carbocycles. The summed E-state index contributed by atoms with van der Waals surface area (Å²) in [4.78, 5) is 58.6. The summed E-state index contributed by atoms with van der Waals surface area (Å²) in [5.74, 6) is 0.402. The molecule has 6 heterocycles. The van der Waals surface area contributed by atoms with Crippen molar-refractivity contribution in [2.24, 2.45) is 0 Å². The Labute approximate surface area is 431 Å². The van der Waals surface area contributed by atoms with Crippen LogP contribution in [0.4, 0.5) is 34.4 Å². The third kappa shape index (κ3) is 12.6. The molecule has 0 atom stereocenters. The van der Waals surface area contributed by atoms with Gasteiger partial charge in [-0.3, -0.25) is 49.6 Å². The molecule has 2 saturated heterocycles. The van der Waals surface area contributed by atoms with Gasteiger partial charge in [-0.2, -0.15) is 0 Å². The maximum absolute atomic E-state index is 13.6. The number of carbonyl (C=O) groups excluding carboxylic acids is 2. The van der Waals surface area contributed by atoms with E-state index in [9.17, 15) is 29.8 Å². The second-order valence-electron chi connectivity index (χ2n) is 16.8. The van der Waals surface area contributed by atoms with E-state index in [4.69, 9.17) is 37.4 Å². The van der Waals surface area contributed by atoms with E-state index in [0.717, 1.165) is 42.6 Å². The van der Waals surface area contributed by atoms with Crippen LogP contribution in [-0.2, 0) is 16.0 Å². The Morgan fingerprint density at radius 2 is 1.18 bits per heavy atom. The number of hydrogen-bond acceptors (Lipinski definition) is 15. The van der Waals surface area contributed by atoms with E-state index in [1.165, 1.54) is 12.4 Å². The molecule has 382 valence electrons. The van der Waals surface area contributed by atoms with Gasteiger partial charge >= 0.3 is 11.4 Å². The van der Waals surface area contributed by atoms with Gasteiger partial charge in [0.25, 0.3) is 0 Å². The Kier molecular flexibility index (Phi) is 18.5. The lowest BCUT2D eigenvalue weighted by atomic mass is 9.94. The zero-order valence-electron chi connectivity index (χ0n) is 38.8. The van der Waals surface area contributed by atoms with Gasteiger partial charge in [-0.15, -0.1) is 10.2 Å². The summed E-state index contributed by atoms with van der Waals surface area (Å²) in [7, 11) is 1.59. The van der Waals surface area contributed by atoms with Crippen LogP contribution in [0.1, 0.15) is 113 Å². The fourth-order valence-electron chi connectivity index (χ4n) is 8.41. The molecular formula is C52H56Cl2N10O9. The van der Waals surface area contributed by atoms with Crippen molar-refractivity contribution in [3.8, 4) is 5.75 Å². The van der Waals surface area contributed by atoms with Gasteiger partial charge in [0.2, 0.25) is 11.6 Å². The van der Waals surface area contributed by atoms with Gasteiger partial charge in [0.15, 0.2) is 11.6 Å². The van der Waals surface area contributed by atoms with Crippen LogP contribution >= 0.6 is 23.2 Å². The lowest BCUT2D eigenvalue weighted by Gasteiger charge is -2.22. The average molecular weight is 1040 g/mol. The van der Waals surface area contributed by atoms with E-state index >= 15 is 0 Å². The van der Waals surface area contributed by atoms with Crippen LogP contribution in [-0.4, -0.2) is 84.9 Å². The fourth-order valence-corrected chi connectivity index (χ4v) is 8.86. The number of carbonyl (C=O) groups is 2. The number of hydrogen-bond donors (Lipinski definition) is 3. The molecule has 0 bridgehead atoms. The highest BCUT2D eigenvalue weighted by Gasteiger charge is 2.30. The fraction of sp³-hybridized carbons (Fsp3) is 0.308. The first-order valence-corrected chi connectivity index (χ1v) is 23.4. The van der Waals surface area contributed by atoms with Gasteiger partial charge in [0.1, 0.15) is 17.1 Å². The second kappa shape index (κ2) is 24.7. The SMILES string of the molecule is C.C.COc1ccc(Cn2nc(Nc3cc(C4CCOCC4)ncc3C(=O)c3ccccc3Cl)c([N+](=O)[O-])c2C)cc1.Cc1[nH]nc(Nc2cc(C3CCOCC3)ncc2C(=O)c2ccccc2Cl)c1[N+](=O)[O-]. The van der Waals surface area contributed by atoms with E-state index in [0.29, 0.717) is 82.7 Å². The van der Waals surface area contributed by atoms with Gasteiger partial charge < -0.3 is 24.8 Å². The molecule has 0 unspecified atom stereocenters. The van der Waals surface area contributed by atoms with E-state index < -0.39 is 9.85 Å². The molecule has 0 spiro atoms. The Morgan fingerprint density at radius 1 is 0.712 bits per heavy atom. The number of anilines is 4. The number of nitro groups is 2. The highest BCUT2D eigenvalue weighted by atomic mass is 35.5. The molecule has 3 aromatic carbocycles. The van der Waals surface area contributed by atoms with E-state index in [-0.39, 0.29) is 72.4 Å². The van der Waals surface area contributed by atoms with Gasteiger partial charge in [-0.1, -0.05) is 74.5 Å². The van der Waals surface area contributed by atoms with Crippen LogP contribution in [0, 0.1) is 34.1 Å². The summed E-state index contributed by atoms with van der Waals surface area (Å²) in [5.41, 5.74) is 4.67. The van der Waals surface area contributed by atoms with Crippen LogP contribution in [0.5, 0.6) is 5.75 Å². The molecule has 2 fully saturated rings. The number of halogens is 2. The van der Waals surface area contributed by atoms with Crippen molar-refractivity contribution in [2.75, 3.05) is 44.2 Å². The number of pyridine rings is 2. The first-order valence-electron chi connectivity index (χ1n) is 22.6. The number of methoxy groups -OCH3 is 1. The molecule has 2 aliphatic rings. The van der Waals surface area contributed by atoms with Crippen LogP contribution < -0.4 is 15.4 Å². The molecule has 0 saturated carbocycles. The molecule has 2 aliphatic heterocycles. The molecule has 73 heavy (non-hydrogen) atoms. The monoisotopic (exact) mass is 1030 g/mol. The lowest BCUT2D eigenvalue weighted by molar-refractivity contribution is -0.384. The standard InChI is InChI=1S/C29H28ClN5O5.C21H20ClN5O4.2CH4/c1-18-27(35(37)38)29(33-34(18)17-19-7-9-21(39-2)10-8-19)32-26-15-25(20-11-13-40-14-12-20)31-16-23(26)28(36)22-5-3-4-6-24(22)30;1-12-19(27(29)30)21(26-25-12)24-18-10-17(13-6-8-31-9-7-13)23-11-15(18)20(28)14-4-2-3-5-16(14)22;;/h3-10,15-16,20H,11-14,17H2,1-2H3,(H,31,32,33);2-5,10-11,13H,6-9H2,1H3,(H2,23,24,25,26);2*1H4. The quantitative estimate of drug-likeness (QED) is 0.0491.